The fourth-order valence-corrected chi connectivity index (χ4v) is 4.41. The van der Waals surface area contributed by atoms with E-state index in [2.05, 4.69) is 15.8 Å². The van der Waals surface area contributed by atoms with Gasteiger partial charge in [0.25, 0.3) is 0 Å². The Bertz CT molecular complexity index is 722. The average molecular weight is 383 g/mol. The van der Waals surface area contributed by atoms with Crippen molar-refractivity contribution < 1.29 is 8.42 Å². The largest absolute Gasteiger partial charge is 0.359 e. The topological polar surface area (TPSA) is 73.8 Å². The predicted molar refractivity (Wildman–Crippen MR) is 105 cm³/mol. The second kappa shape index (κ2) is 8.73. The zero-order valence-corrected chi connectivity index (χ0v) is 16.6. The molecule has 0 unspecified atom stereocenters. The number of thiocarbonyl (C=S) groups is 1. The maximum Gasteiger partial charge on any atom is 0.243 e. The second-order valence-electron chi connectivity index (χ2n) is 6.43. The van der Waals surface area contributed by atoms with Crippen LogP contribution in [-0.4, -0.2) is 42.7 Å². The maximum absolute atomic E-state index is 12.6. The molecule has 2 N–H and O–H groups in total. The van der Waals surface area contributed by atoms with Crippen molar-refractivity contribution in [2.45, 2.75) is 51.0 Å². The number of benzene rings is 1. The molecule has 25 heavy (non-hydrogen) atoms. The molecule has 1 aliphatic rings. The first-order valence-electron chi connectivity index (χ1n) is 8.52. The Morgan fingerprint density at radius 2 is 1.76 bits per heavy atom. The van der Waals surface area contributed by atoms with Crippen molar-refractivity contribution >= 4 is 33.1 Å². The molecule has 1 saturated heterocycles. The van der Waals surface area contributed by atoms with Crippen LogP contribution >= 0.6 is 12.2 Å². The highest BCUT2D eigenvalue weighted by molar-refractivity contribution is 7.89. The van der Waals surface area contributed by atoms with Crippen molar-refractivity contribution in [3.63, 3.8) is 0 Å². The molecule has 1 fully saturated rings. The van der Waals surface area contributed by atoms with Crippen LogP contribution in [0.2, 0.25) is 0 Å². The summed E-state index contributed by atoms with van der Waals surface area (Å²) in [7, 11) is -3.40. The van der Waals surface area contributed by atoms with E-state index in [9.17, 15) is 8.42 Å². The zero-order chi connectivity index (χ0) is 18.4. The first-order valence-corrected chi connectivity index (χ1v) is 10.4. The van der Waals surface area contributed by atoms with Crippen LogP contribution in [0, 0.1) is 0 Å². The summed E-state index contributed by atoms with van der Waals surface area (Å²) in [6.07, 6.45) is 2.96. The van der Waals surface area contributed by atoms with Crippen molar-refractivity contribution in [3.8, 4) is 0 Å². The first kappa shape index (κ1) is 19.8. The van der Waals surface area contributed by atoms with Crippen LogP contribution < -0.4 is 10.7 Å². The van der Waals surface area contributed by atoms with E-state index >= 15 is 0 Å². The fraction of sp³-hybridized carbons (Fsp3) is 0.529. The van der Waals surface area contributed by atoms with Crippen LogP contribution in [0.3, 0.4) is 0 Å². The molecule has 0 atom stereocenters. The van der Waals surface area contributed by atoms with Crippen LogP contribution in [0.25, 0.3) is 0 Å². The molecule has 138 valence electrons. The van der Waals surface area contributed by atoms with Crippen molar-refractivity contribution in [2.75, 3.05) is 13.1 Å². The number of nitrogens with zero attached hydrogens (tertiary/aromatic N) is 2. The molecule has 0 radical (unpaired) electrons. The van der Waals surface area contributed by atoms with Crippen LogP contribution in [0.15, 0.2) is 34.3 Å². The third-order valence-electron chi connectivity index (χ3n) is 3.97. The Kier molecular flexibility index (Phi) is 6.92. The van der Waals surface area contributed by atoms with Crippen LogP contribution in [0.1, 0.15) is 45.6 Å². The van der Waals surface area contributed by atoms with Crippen molar-refractivity contribution in [3.05, 3.63) is 29.8 Å². The second-order valence-corrected chi connectivity index (χ2v) is 8.77. The van der Waals surface area contributed by atoms with Gasteiger partial charge in [-0.05, 0) is 63.5 Å². The summed E-state index contributed by atoms with van der Waals surface area (Å²) in [5, 5.41) is 7.73. The number of piperidine rings is 1. The molecule has 0 spiro atoms. The third-order valence-corrected chi connectivity index (χ3v) is 6.09. The number of hydrogen-bond donors (Lipinski definition) is 2. The standard InChI is InChI=1S/C17H26N4O2S2/c1-13(2)18-17(24)20-19-14(3)15-7-9-16(10-8-15)25(22,23)21-11-5-4-6-12-21/h7-10,13H,4-6,11-12H2,1-3H3,(H2,18,20,24)/b19-14-. The van der Waals surface area contributed by atoms with E-state index in [4.69, 9.17) is 12.2 Å². The monoisotopic (exact) mass is 382 g/mol. The normalized spacial score (nSPS) is 16.7. The Morgan fingerprint density at radius 1 is 1.16 bits per heavy atom. The lowest BCUT2D eigenvalue weighted by Crippen LogP contribution is -2.37. The minimum absolute atomic E-state index is 0.231. The summed E-state index contributed by atoms with van der Waals surface area (Å²) < 4.78 is 26.9. The van der Waals surface area contributed by atoms with Crippen LogP contribution in [0.5, 0.6) is 0 Å². The Balaban J connectivity index is 2.07. The summed E-state index contributed by atoms with van der Waals surface area (Å²) >= 11 is 5.13. The van der Waals surface area contributed by atoms with Crippen molar-refractivity contribution in [2.24, 2.45) is 5.10 Å². The Hall–Kier alpha value is -1.51. The molecule has 0 aromatic heterocycles. The molecule has 8 heteroatoms. The average Bonchev–Trinajstić information content (AvgIpc) is 2.60. The van der Waals surface area contributed by atoms with Gasteiger partial charge in [-0.3, -0.25) is 5.43 Å². The van der Waals surface area contributed by atoms with Gasteiger partial charge in [0.15, 0.2) is 5.11 Å². The highest BCUT2D eigenvalue weighted by Crippen LogP contribution is 2.21. The molecule has 6 nitrogen and oxygen atoms in total. The quantitative estimate of drug-likeness (QED) is 0.465. The van der Waals surface area contributed by atoms with Crippen molar-refractivity contribution in [1.82, 2.24) is 15.0 Å². The van der Waals surface area contributed by atoms with E-state index in [0.717, 1.165) is 30.5 Å². The van der Waals surface area contributed by atoms with Crippen LogP contribution in [0.4, 0.5) is 0 Å². The number of hydrazone groups is 1. The van der Waals surface area contributed by atoms with Crippen molar-refractivity contribution in [1.29, 1.82) is 0 Å². The smallest absolute Gasteiger partial charge is 0.243 e. The maximum atomic E-state index is 12.6. The van der Waals surface area contributed by atoms with E-state index in [1.54, 1.807) is 28.6 Å². The summed E-state index contributed by atoms with van der Waals surface area (Å²) in [5.41, 5.74) is 4.37. The van der Waals surface area contributed by atoms with Gasteiger partial charge < -0.3 is 5.32 Å². The molecule has 1 aliphatic heterocycles. The van der Waals surface area contributed by atoms with Gasteiger partial charge in [0.05, 0.1) is 10.6 Å². The van der Waals surface area contributed by atoms with Gasteiger partial charge in [0, 0.05) is 19.1 Å². The molecule has 1 aromatic carbocycles. The minimum Gasteiger partial charge on any atom is -0.359 e. The molecule has 0 bridgehead atoms. The Morgan fingerprint density at radius 3 is 2.32 bits per heavy atom. The van der Waals surface area contributed by atoms with Gasteiger partial charge >= 0.3 is 0 Å². The highest BCUT2D eigenvalue weighted by Gasteiger charge is 2.25. The van der Waals surface area contributed by atoms with Gasteiger partial charge in [-0.15, -0.1) is 0 Å². The molecule has 1 aromatic rings. The van der Waals surface area contributed by atoms with Gasteiger partial charge in [-0.25, -0.2) is 8.42 Å². The van der Waals surface area contributed by atoms with Gasteiger partial charge in [0.2, 0.25) is 10.0 Å². The van der Waals surface area contributed by atoms with Crippen LogP contribution in [-0.2, 0) is 10.0 Å². The predicted octanol–water partition coefficient (Wildman–Crippen LogP) is 2.46. The molecule has 1 heterocycles. The van der Waals surface area contributed by atoms with E-state index < -0.39 is 10.0 Å². The lowest BCUT2D eigenvalue weighted by molar-refractivity contribution is 0.346. The summed E-state index contributed by atoms with van der Waals surface area (Å²) in [6, 6.07) is 7.06. The molecule has 0 saturated carbocycles. The van der Waals surface area contributed by atoms with E-state index in [0.29, 0.717) is 23.1 Å². The number of nitrogens with one attached hydrogen (secondary N) is 2. The first-order chi connectivity index (χ1) is 11.8. The third kappa shape index (κ3) is 5.49. The molecule has 0 aliphatic carbocycles. The summed E-state index contributed by atoms with van der Waals surface area (Å²) in [4.78, 5) is 0.330. The number of hydrogen-bond acceptors (Lipinski definition) is 4. The SMILES string of the molecule is C/C(=N/NC(=S)NC(C)C)c1ccc(S(=O)(=O)N2CCCCC2)cc1. The van der Waals surface area contributed by atoms with E-state index in [1.165, 1.54) is 0 Å². The molecular weight excluding hydrogens is 356 g/mol. The number of sulfonamides is 1. The summed E-state index contributed by atoms with van der Waals surface area (Å²) in [6.45, 7) is 7.04. The minimum atomic E-state index is -3.40. The Labute approximate surface area is 155 Å². The van der Waals surface area contributed by atoms with Gasteiger partial charge in [0.1, 0.15) is 0 Å². The molecular formula is C17H26N4O2S2. The highest BCUT2D eigenvalue weighted by atomic mass is 32.2. The molecule has 0 amide bonds. The molecule has 2 rings (SSSR count). The summed E-state index contributed by atoms with van der Waals surface area (Å²) in [5.74, 6) is 0. The van der Waals surface area contributed by atoms with E-state index in [1.807, 2.05) is 20.8 Å². The number of rotatable bonds is 5. The van der Waals surface area contributed by atoms with Gasteiger partial charge in [-0.1, -0.05) is 18.6 Å². The lowest BCUT2D eigenvalue weighted by atomic mass is 10.1. The van der Waals surface area contributed by atoms with E-state index in [-0.39, 0.29) is 6.04 Å². The van der Waals surface area contributed by atoms with Gasteiger partial charge in [-0.2, -0.15) is 9.41 Å². The lowest BCUT2D eigenvalue weighted by Gasteiger charge is -2.25. The zero-order valence-electron chi connectivity index (χ0n) is 14.9. The fourth-order valence-electron chi connectivity index (χ4n) is 2.62.